The molecule has 0 aliphatic heterocycles. The van der Waals surface area contributed by atoms with Gasteiger partial charge in [-0.05, 0) is 0 Å². The zero-order valence-electron chi connectivity index (χ0n) is 8.12. The topological polar surface area (TPSA) is 144 Å². The average molecular weight is 230 g/mol. The Balaban J connectivity index is 3.20. The van der Waals surface area contributed by atoms with Gasteiger partial charge in [-0.25, -0.2) is 4.79 Å². The smallest absolute Gasteiger partial charge is 0.350 e. The van der Waals surface area contributed by atoms with E-state index in [1.165, 1.54) is 0 Å². The molecule has 0 amide bonds. The molecule has 16 heavy (non-hydrogen) atoms. The third-order valence-corrected chi connectivity index (χ3v) is 1.87. The highest BCUT2D eigenvalue weighted by molar-refractivity contribution is 5.20. The first kappa shape index (κ1) is 12.1. The largest absolute Gasteiger partial charge is 0.390 e. The Kier molecular flexibility index (Phi) is 3.53. The van der Waals surface area contributed by atoms with E-state index in [2.05, 4.69) is 0 Å². The van der Waals surface area contributed by atoms with Crippen molar-refractivity contribution in [3.8, 4) is 0 Å². The van der Waals surface area contributed by atoms with Crippen molar-refractivity contribution in [2.45, 2.75) is 12.6 Å². The number of hydrogen-bond donors (Lipinski definition) is 3. The summed E-state index contributed by atoms with van der Waals surface area (Å²) in [6.07, 6.45) is -0.233. The molecule has 1 heterocycles. The van der Waals surface area contributed by atoms with Crippen LogP contribution in [0.2, 0.25) is 0 Å². The molecule has 9 heteroatoms. The maximum absolute atomic E-state index is 11.2. The summed E-state index contributed by atoms with van der Waals surface area (Å²) in [4.78, 5) is 33.5. The first-order valence-corrected chi connectivity index (χ1v) is 4.32. The fraction of sp³-hybridized carbons (Fsp3) is 0.429. The van der Waals surface area contributed by atoms with Gasteiger partial charge >= 0.3 is 16.9 Å². The molecule has 1 atom stereocenters. The summed E-state index contributed by atoms with van der Waals surface area (Å²) in [6, 6.07) is 0. The van der Waals surface area contributed by atoms with Crippen molar-refractivity contribution in [2.75, 3.05) is 6.54 Å². The van der Waals surface area contributed by atoms with E-state index >= 15 is 0 Å². The van der Waals surface area contributed by atoms with Gasteiger partial charge in [0.1, 0.15) is 0 Å². The quantitative estimate of drug-likeness (QED) is 0.394. The number of aromatic amines is 1. The predicted octanol–water partition coefficient (Wildman–Crippen LogP) is -2.24. The Bertz CT molecular complexity index is 504. The van der Waals surface area contributed by atoms with Gasteiger partial charge in [0.05, 0.1) is 23.8 Å². The summed E-state index contributed by atoms with van der Waals surface area (Å²) in [5, 5.41) is 19.6. The first-order chi connectivity index (χ1) is 7.45. The molecule has 0 bridgehead atoms. The lowest BCUT2D eigenvalue weighted by Gasteiger charge is -2.08. The monoisotopic (exact) mass is 230 g/mol. The van der Waals surface area contributed by atoms with Crippen molar-refractivity contribution in [1.29, 1.82) is 0 Å². The number of H-pyrrole nitrogens is 1. The lowest BCUT2D eigenvalue weighted by Crippen LogP contribution is -2.35. The SMILES string of the molecule is NCC(O)Cn1cc([N+](=O)[O-])c(=O)[nH]c1=O. The van der Waals surface area contributed by atoms with E-state index in [-0.39, 0.29) is 13.1 Å². The molecule has 1 unspecified atom stereocenters. The van der Waals surface area contributed by atoms with Crippen LogP contribution in [-0.4, -0.2) is 32.2 Å². The second-order valence-electron chi connectivity index (χ2n) is 3.07. The van der Waals surface area contributed by atoms with Crippen molar-refractivity contribution in [2.24, 2.45) is 5.73 Å². The number of nitrogens with one attached hydrogen (secondary N) is 1. The van der Waals surface area contributed by atoms with E-state index in [9.17, 15) is 24.8 Å². The van der Waals surface area contributed by atoms with Gasteiger partial charge in [0, 0.05) is 6.54 Å². The lowest BCUT2D eigenvalue weighted by atomic mass is 10.3. The van der Waals surface area contributed by atoms with Crippen LogP contribution in [0.15, 0.2) is 15.8 Å². The molecular weight excluding hydrogens is 220 g/mol. The number of rotatable bonds is 4. The van der Waals surface area contributed by atoms with Gasteiger partial charge in [0.2, 0.25) is 0 Å². The van der Waals surface area contributed by atoms with Crippen LogP contribution >= 0.6 is 0 Å². The number of nitro groups is 1. The van der Waals surface area contributed by atoms with E-state index in [1.54, 1.807) is 4.98 Å². The minimum absolute atomic E-state index is 0.0979. The molecule has 0 saturated heterocycles. The van der Waals surface area contributed by atoms with Gasteiger partial charge in [-0.1, -0.05) is 0 Å². The molecule has 88 valence electrons. The van der Waals surface area contributed by atoms with E-state index in [1.807, 2.05) is 0 Å². The van der Waals surface area contributed by atoms with Crippen molar-refractivity contribution in [3.63, 3.8) is 0 Å². The molecule has 0 saturated carbocycles. The van der Waals surface area contributed by atoms with E-state index in [4.69, 9.17) is 5.73 Å². The van der Waals surface area contributed by atoms with Gasteiger partial charge in [0.15, 0.2) is 0 Å². The zero-order valence-corrected chi connectivity index (χ0v) is 8.12. The number of aliphatic hydroxyl groups is 1. The average Bonchev–Trinajstić information content (AvgIpc) is 2.21. The Morgan fingerprint density at radius 1 is 1.62 bits per heavy atom. The lowest BCUT2D eigenvalue weighted by molar-refractivity contribution is -0.386. The van der Waals surface area contributed by atoms with Crippen LogP contribution in [0.1, 0.15) is 0 Å². The van der Waals surface area contributed by atoms with Gasteiger partial charge in [0.25, 0.3) is 0 Å². The van der Waals surface area contributed by atoms with Gasteiger partial charge in [-0.2, -0.15) is 0 Å². The molecule has 0 aliphatic carbocycles. The second-order valence-corrected chi connectivity index (χ2v) is 3.07. The van der Waals surface area contributed by atoms with Gasteiger partial charge in [-0.3, -0.25) is 24.5 Å². The van der Waals surface area contributed by atoms with Crippen molar-refractivity contribution < 1.29 is 10.0 Å². The van der Waals surface area contributed by atoms with Gasteiger partial charge in [-0.15, -0.1) is 0 Å². The summed E-state index contributed by atoms with van der Waals surface area (Å²) in [5.41, 5.74) is 2.46. The molecule has 0 radical (unpaired) electrons. The Morgan fingerprint density at radius 3 is 2.75 bits per heavy atom. The summed E-state index contributed by atoms with van der Waals surface area (Å²) in [5.74, 6) is 0. The molecule has 1 rings (SSSR count). The first-order valence-electron chi connectivity index (χ1n) is 4.32. The summed E-state index contributed by atoms with van der Waals surface area (Å²) < 4.78 is 0.830. The molecule has 0 aliphatic rings. The summed E-state index contributed by atoms with van der Waals surface area (Å²) in [7, 11) is 0. The summed E-state index contributed by atoms with van der Waals surface area (Å²) >= 11 is 0. The zero-order chi connectivity index (χ0) is 12.3. The second kappa shape index (κ2) is 4.68. The number of aromatic nitrogens is 2. The standard InChI is InChI=1S/C7H10N4O5/c8-1-4(12)2-10-3-5(11(15)16)6(13)9-7(10)14/h3-4,12H,1-2,8H2,(H,9,13,14). The fourth-order valence-electron chi connectivity index (χ4n) is 1.07. The summed E-state index contributed by atoms with van der Waals surface area (Å²) in [6.45, 7) is -0.313. The van der Waals surface area contributed by atoms with Crippen LogP contribution < -0.4 is 17.0 Å². The number of aliphatic hydroxyl groups excluding tert-OH is 1. The number of hydrogen-bond acceptors (Lipinski definition) is 6. The van der Waals surface area contributed by atoms with Crippen LogP contribution in [0, 0.1) is 10.1 Å². The van der Waals surface area contributed by atoms with Crippen LogP contribution in [0.4, 0.5) is 5.69 Å². The highest BCUT2D eigenvalue weighted by Crippen LogP contribution is 1.99. The predicted molar refractivity (Wildman–Crippen MR) is 53.0 cm³/mol. The molecule has 4 N–H and O–H groups in total. The van der Waals surface area contributed by atoms with Crippen LogP contribution in [0.5, 0.6) is 0 Å². The number of nitrogens with two attached hydrogens (primary N) is 1. The minimum Gasteiger partial charge on any atom is -0.390 e. The third kappa shape index (κ3) is 2.52. The molecule has 0 spiro atoms. The third-order valence-electron chi connectivity index (χ3n) is 1.87. The van der Waals surface area contributed by atoms with Crippen molar-refractivity contribution >= 4 is 5.69 Å². The Labute approximate surface area is 88.3 Å². The van der Waals surface area contributed by atoms with E-state index in [0.29, 0.717) is 0 Å². The fourth-order valence-corrected chi connectivity index (χ4v) is 1.07. The van der Waals surface area contributed by atoms with E-state index in [0.717, 1.165) is 10.8 Å². The molecule has 1 aromatic heterocycles. The van der Waals surface area contributed by atoms with Crippen molar-refractivity contribution in [3.05, 3.63) is 37.1 Å². The maximum Gasteiger partial charge on any atom is 0.350 e. The normalized spacial score (nSPS) is 12.4. The van der Waals surface area contributed by atoms with Crippen LogP contribution in [0.25, 0.3) is 0 Å². The van der Waals surface area contributed by atoms with Crippen LogP contribution in [0.3, 0.4) is 0 Å². The van der Waals surface area contributed by atoms with E-state index < -0.39 is 28.0 Å². The molecule has 9 nitrogen and oxygen atoms in total. The Hall–Kier alpha value is -2.00. The molecule has 1 aromatic rings. The van der Waals surface area contributed by atoms with Crippen LogP contribution in [-0.2, 0) is 6.54 Å². The Morgan fingerprint density at radius 2 is 2.25 bits per heavy atom. The van der Waals surface area contributed by atoms with Crippen molar-refractivity contribution in [1.82, 2.24) is 9.55 Å². The number of nitrogens with zero attached hydrogens (tertiary/aromatic N) is 2. The maximum atomic E-state index is 11.2. The highest BCUT2D eigenvalue weighted by atomic mass is 16.6. The minimum atomic E-state index is -1.08. The molecule has 0 fully saturated rings. The van der Waals surface area contributed by atoms with Gasteiger partial charge < -0.3 is 10.8 Å². The molecular formula is C7H10N4O5. The highest BCUT2D eigenvalue weighted by Gasteiger charge is 2.15. The molecule has 0 aromatic carbocycles.